The summed E-state index contributed by atoms with van der Waals surface area (Å²) in [7, 11) is 0. The lowest BCUT2D eigenvalue weighted by atomic mass is 10.0. The second-order valence-electron chi connectivity index (χ2n) is 5.82. The molecule has 24 heavy (non-hydrogen) atoms. The third kappa shape index (κ3) is 4.52. The summed E-state index contributed by atoms with van der Waals surface area (Å²) in [5.74, 6) is -1.27. The number of anilines is 2. The Labute approximate surface area is 141 Å². The fourth-order valence-corrected chi connectivity index (χ4v) is 2.14. The average molecular weight is 324 g/mol. The predicted octanol–water partition coefficient (Wildman–Crippen LogP) is 3.59. The predicted molar refractivity (Wildman–Crippen MR) is 94.2 cm³/mol. The van der Waals surface area contributed by atoms with Crippen molar-refractivity contribution in [2.24, 2.45) is 0 Å². The zero-order valence-corrected chi connectivity index (χ0v) is 13.9. The van der Waals surface area contributed by atoms with Crippen molar-refractivity contribution >= 4 is 29.0 Å². The summed E-state index contributed by atoms with van der Waals surface area (Å²) < 4.78 is 0. The minimum atomic E-state index is -0.788. The van der Waals surface area contributed by atoms with Crippen LogP contribution in [0.3, 0.4) is 0 Å². The normalized spacial score (nSPS) is 10.3. The summed E-state index contributed by atoms with van der Waals surface area (Å²) in [6.45, 7) is 5.60. The van der Waals surface area contributed by atoms with Crippen molar-refractivity contribution in [3.63, 3.8) is 0 Å². The summed E-state index contributed by atoms with van der Waals surface area (Å²) in [6.07, 6.45) is 0. The van der Waals surface area contributed by atoms with Crippen molar-refractivity contribution in [2.75, 3.05) is 10.6 Å². The Morgan fingerprint density at radius 1 is 0.833 bits per heavy atom. The molecule has 0 aromatic heterocycles. The van der Waals surface area contributed by atoms with Crippen LogP contribution in [0.2, 0.25) is 0 Å². The Balaban J connectivity index is 2.00. The van der Waals surface area contributed by atoms with E-state index in [4.69, 9.17) is 0 Å². The van der Waals surface area contributed by atoms with Crippen LogP contribution in [0, 0.1) is 0 Å². The summed E-state index contributed by atoms with van der Waals surface area (Å²) >= 11 is 0. The molecule has 0 atom stereocenters. The van der Waals surface area contributed by atoms with Gasteiger partial charge >= 0.3 is 11.8 Å². The van der Waals surface area contributed by atoms with E-state index >= 15 is 0 Å². The molecule has 5 heteroatoms. The summed E-state index contributed by atoms with van der Waals surface area (Å²) in [5, 5.41) is 5.03. The smallest absolute Gasteiger partial charge is 0.314 e. The second-order valence-corrected chi connectivity index (χ2v) is 5.82. The highest BCUT2D eigenvalue weighted by Crippen LogP contribution is 2.17. The van der Waals surface area contributed by atoms with Gasteiger partial charge in [0.25, 0.3) is 0 Å². The van der Waals surface area contributed by atoms with E-state index < -0.39 is 11.8 Å². The van der Waals surface area contributed by atoms with Gasteiger partial charge in [-0.3, -0.25) is 14.4 Å². The molecule has 2 aromatic rings. The van der Waals surface area contributed by atoms with Gasteiger partial charge in [-0.05, 0) is 42.7 Å². The largest absolute Gasteiger partial charge is 0.318 e. The third-order valence-corrected chi connectivity index (χ3v) is 3.57. The van der Waals surface area contributed by atoms with Crippen LogP contribution < -0.4 is 10.6 Å². The van der Waals surface area contributed by atoms with Crippen LogP contribution in [0.1, 0.15) is 42.6 Å². The second kappa shape index (κ2) is 7.55. The van der Waals surface area contributed by atoms with Crippen LogP contribution in [0.5, 0.6) is 0 Å². The third-order valence-electron chi connectivity index (χ3n) is 3.57. The molecular weight excluding hydrogens is 304 g/mol. The van der Waals surface area contributed by atoms with Crippen LogP contribution in [-0.4, -0.2) is 17.6 Å². The molecule has 0 aliphatic heterocycles. The Morgan fingerprint density at radius 2 is 1.42 bits per heavy atom. The number of amides is 2. The summed E-state index contributed by atoms with van der Waals surface area (Å²) in [5.41, 5.74) is 2.58. The quantitative estimate of drug-likeness (QED) is 0.666. The van der Waals surface area contributed by atoms with Gasteiger partial charge in [0.2, 0.25) is 0 Å². The van der Waals surface area contributed by atoms with E-state index in [0.29, 0.717) is 22.9 Å². The highest BCUT2D eigenvalue weighted by molar-refractivity contribution is 6.43. The molecule has 0 fully saturated rings. The van der Waals surface area contributed by atoms with Gasteiger partial charge in [-0.15, -0.1) is 0 Å². The van der Waals surface area contributed by atoms with E-state index in [-0.39, 0.29) is 5.78 Å². The van der Waals surface area contributed by atoms with Gasteiger partial charge < -0.3 is 10.6 Å². The molecule has 2 aromatic carbocycles. The highest BCUT2D eigenvalue weighted by Gasteiger charge is 2.14. The molecule has 0 saturated carbocycles. The number of ketones is 1. The highest BCUT2D eigenvalue weighted by atomic mass is 16.2. The first-order valence-electron chi connectivity index (χ1n) is 7.70. The van der Waals surface area contributed by atoms with Crippen molar-refractivity contribution in [1.82, 2.24) is 0 Å². The maximum Gasteiger partial charge on any atom is 0.314 e. The van der Waals surface area contributed by atoms with Gasteiger partial charge in [0, 0.05) is 16.9 Å². The monoisotopic (exact) mass is 324 g/mol. The Kier molecular flexibility index (Phi) is 5.47. The number of carbonyl (C=O) groups excluding carboxylic acids is 3. The molecule has 2 N–H and O–H groups in total. The summed E-state index contributed by atoms with van der Waals surface area (Å²) in [4.78, 5) is 35.3. The molecule has 0 bridgehead atoms. The first kappa shape index (κ1) is 17.4. The number of Topliss-reactive ketones (excluding diaryl/α,β-unsaturated/α-hetero) is 1. The van der Waals surface area contributed by atoms with Crippen molar-refractivity contribution in [2.45, 2.75) is 26.7 Å². The SMILES string of the molecule is CC(=O)c1cccc(NC(=O)C(=O)Nc2ccc(C(C)C)cc2)c1. The molecule has 0 aliphatic carbocycles. The molecule has 0 aliphatic rings. The van der Waals surface area contributed by atoms with E-state index in [9.17, 15) is 14.4 Å². The number of nitrogens with one attached hydrogen (secondary N) is 2. The van der Waals surface area contributed by atoms with Gasteiger partial charge in [-0.25, -0.2) is 0 Å². The van der Waals surface area contributed by atoms with Gasteiger partial charge in [-0.2, -0.15) is 0 Å². The van der Waals surface area contributed by atoms with Gasteiger partial charge in [0.15, 0.2) is 5.78 Å². The number of rotatable bonds is 4. The van der Waals surface area contributed by atoms with E-state index in [1.807, 2.05) is 12.1 Å². The molecule has 2 amide bonds. The minimum Gasteiger partial charge on any atom is -0.318 e. The standard InChI is InChI=1S/C19H20N2O3/c1-12(2)14-7-9-16(10-8-14)20-18(23)19(24)21-17-6-4-5-15(11-17)13(3)22/h4-12H,1-3H3,(H,20,23)(H,21,24). The number of hydrogen-bond acceptors (Lipinski definition) is 3. The number of carbonyl (C=O) groups is 3. The van der Waals surface area contributed by atoms with E-state index in [2.05, 4.69) is 24.5 Å². The fourth-order valence-electron chi connectivity index (χ4n) is 2.14. The zero-order chi connectivity index (χ0) is 17.7. The molecular formula is C19H20N2O3. The van der Waals surface area contributed by atoms with Crippen LogP contribution in [0.25, 0.3) is 0 Å². The maximum absolute atomic E-state index is 12.0. The average Bonchev–Trinajstić information content (AvgIpc) is 2.55. The van der Waals surface area contributed by atoms with Crippen LogP contribution in [-0.2, 0) is 9.59 Å². The van der Waals surface area contributed by atoms with Gasteiger partial charge in [0.05, 0.1) is 0 Å². The molecule has 5 nitrogen and oxygen atoms in total. The van der Waals surface area contributed by atoms with Crippen LogP contribution in [0.4, 0.5) is 11.4 Å². The molecule has 2 rings (SSSR count). The van der Waals surface area contributed by atoms with Crippen LogP contribution >= 0.6 is 0 Å². The minimum absolute atomic E-state index is 0.110. The van der Waals surface area contributed by atoms with Crippen LogP contribution in [0.15, 0.2) is 48.5 Å². The first-order chi connectivity index (χ1) is 11.4. The van der Waals surface area contributed by atoms with Crippen molar-refractivity contribution < 1.29 is 14.4 Å². The Morgan fingerprint density at radius 3 is 1.96 bits per heavy atom. The molecule has 0 radical (unpaired) electrons. The lowest BCUT2D eigenvalue weighted by Gasteiger charge is -2.09. The Hall–Kier alpha value is -2.95. The Bertz CT molecular complexity index is 764. The first-order valence-corrected chi connectivity index (χ1v) is 7.70. The lowest BCUT2D eigenvalue weighted by Crippen LogP contribution is -2.29. The topological polar surface area (TPSA) is 75.3 Å². The molecule has 124 valence electrons. The number of benzene rings is 2. The fraction of sp³-hybridized carbons (Fsp3) is 0.211. The molecule has 0 saturated heterocycles. The molecule has 0 unspecified atom stereocenters. The van der Waals surface area contributed by atoms with E-state index in [1.165, 1.54) is 13.0 Å². The van der Waals surface area contributed by atoms with E-state index in [1.54, 1.807) is 30.3 Å². The van der Waals surface area contributed by atoms with E-state index in [0.717, 1.165) is 5.56 Å². The van der Waals surface area contributed by atoms with Gasteiger partial charge in [0.1, 0.15) is 0 Å². The van der Waals surface area contributed by atoms with Crippen molar-refractivity contribution in [1.29, 1.82) is 0 Å². The maximum atomic E-state index is 12.0. The number of hydrogen-bond donors (Lipinski definition) is 2. The molecule has 0 spiro atoms. The van der Waals surface area contributed by atoms with Crippen molar-refractivity contribution in [3.05, 3.63) is 59.7 Å². The lowest BCUT2D eigenvalue weighted by molar-refractivity contribution is -0.132. The zero-order valence-electron chi connectivity index (χ0n) is 13.9. The van der Waals surface area contributed by atoms with Crippen molar-refractivity contribution in [3.8, 4) is 0 Å². The summed E-state index contributed by atoms with van der Waals surface area (Å²) in [6, 6.07) is 13.8. The van der Waals surface area contributed by atoms with Gasteiger partial charge in [-0.1, -0.05) is 38.1 Å². The molecule has 0 heterocycles.